The van der Waals surface area contributed by atoms with E-state index in [1.54, 1.807) is 28.4 Å². The highest BCUT2D eigenvalue weighted by atomic mass is 35.5. The van der Waals surface area contributed by atoms with Gasteiger partial charge in [-0.1, -0.05) is 35.5 Å². The van der Waals surface area contributed by atoms with Crippen LogP contribution in [-0.2, 0) is 4.79 Å². The Morgan fingerprint density at radius 2 is 1.89 bits per heavy atom. The molecule has 0 N–H and O–H groups in total. The van der Waals surface area contributed by atoms with E-state index in [0.717, 1.165) is 16.3 Å². The molecular formula is C21H18ClN3OS2. The van der Waals surface area contributed by atoms with Crippen molar-refractivity contribution in [2.75, 3.05) is 23.7 Å². The van der Waals surface area contributed by atoms with Crippen LogP contribution in [0.2, 0.25) is 5.02 Å². The number of anilines is 1. The van der Waals surface area contributed by atoms with Crippen molar-refractivity contribution in [2.24, 2.45) is 0 Å². The van der Waals surface area contributed by atoms with Crippen LogP contribution in [0.1, 0.15) is 17.9 Å². The van der Waals surface area contributed by atoms with Gasteiger partial charge in [0.05, 0.1) is 29.2 Å². The molecule has 1 saturated heterocycles. The molecule has 142 valence electrons. The smallest absolute Gasteiger partial charge is 0.229 e. The number of thioether (sulfide) groups is 2. The maximum Gasteiger partial charge on any atom is 0.229 e. The number of rotatable bonds is 3. The van der Waals surface area contributed by atoms with Gasteiger partial charge < -0.3 is 4.90 Å². The summed E-state index contributed by atoms with van der Waals surface area (Å²) in [5, 5.41) is 11.4. The SMILES string of the molecule is CSc1ccc(C2CC(=O)N3CN(c4ccc(Cl)cc4)CSC3=C2C#N)cc1. The molecule has 2 aromatic rings. The van der Waals surface area contributed by atoms with E-state index < -0.39 is 0 Å². The summed E-state index contributed by atoms with van der Waals surface area (Å²) in [7, 11) is 0. The van der Waals surface area contributed by atoms with Crippen LogP contribution in [0.5, 0.6) is 0 Å². The summed E-state index contributed by atoms with van der Waals surface area (Å²) in [6.45, 7) is 0.451. The third-order valence-electron chi connectivity index (χ3n) is 5.00. The second-order valence-corrected chi connectivity index (χ2v) is 8.86. The van der Waals surface area contributed by atoms with Crippen molar-refractivity contribution in [3.8, 4) is 6.07 Å². The van der Waals surface area contributed by atoms with Crippen LogP contribution in [0.15, 0.2) is 64.0 Å². The number of fused-ring (bicyclic) bond motifs is 1. The predicted molar refractivity (Wildman–Crippen MR) is 116 cm³/mol. The molecule has 1 fully saturated rings. The third-order valence-corrected chi connectivity index (χ3v) is 7.15. The van der Waals surface area contributed by atoms with Gasteiger partial charge in [-0.2, -0.15) is 5.26 Å². The van der Waals surface area contributed by atoms with Crippen LogP contribution in [-0.4, -0.2) is 29.6 Å². The maximum absolute atomic E-state index is 12.9. The zero-order valence-electron chi connectivity index (χ0n) is 15.3. The molecule has 2 heterocycles. The molecule has 4 rings (SSSR count). The lowest BCUT2D eigenvalue weighted by atomic mass is 9.86. The first-order valence-electron chi connectivity index (χ1n) is 8.82. The molecule has 2 aliphatic heterocycles. The number of amides is 1. The molecule has 0 aromatic heterocycles. The first-order chi connectivity index (χ1) is 13.6. The molecule has 1 atom stereocenters. The number of hydrogen-bond donors (Lipinski definition) is 0. The van der Waals surface area contributed by atoms with Crippen molar-refractivity contribution in [1.29, 1.82) is 5.26 Å². The summed E-state index contributed by atoms with van der Waals surface area (Å²) in [5.41, 5.74) is 2.73. The minimum absolute atomic E-state index is 0.0547. The van der Waals surface area contributed by atoms with Gasteiger partial charge in [0.15, 0.2) is 0 Å². The number of allylic oxidation sites excluding steroid dienone is 1. The fourth-order valence-corrected chi connectivity index (χ4v) is 5.20. The number of halogens is 1. The van der Waals surface area contributed by atoms with Gasteiger partial charge in [0.1, 0.15) is 0 Å². The molecule has 2 aliphatic rings. The molecule has 0 aliphatic carbocycles. The second-order valence-electron chi connectivity index (χ2n) is 6.61. The molecular weight excluding hydrogens is 410 g/mol. The van der Waals surface area contributed by atoms with E-state index in [2.05, 4.69) is 11.0 Å². The minimum Gasteiger partial charge on any atom is -0.344 e. The minimum atomic E-state index is -0.172. The van der Waals surface area contributed by atoms with Gasteiger partial charge in [-0.25, -0.2) is 0 Å². The van der Waals surface area contributed by atoms with Crippen LogP contribution in [0.25, 0.3) is 0 Å². The molecule has 0 spiro atoms. The van der Waals surface area contributed by atoms with Gasteiger partial charge in [-0.15, -0.1) is 11.8 Å². The van der Waals surface area contributed by atoms with Crippen molar-refractivity contribution in [2.45, 2.75) is 17.2 Å². The average Bonchev–Trinajstić information content (AvgIpc) is 2.74. The van der Waals surface area contributed by atoms with Crippen molar-refractivity contribution in [3.05, 3.63) is 69.7 Å². The fraction of sp³-hybridized carbons (Fsp3) is 0.238. The fourth-order valence-electron chi connectivity index (χ4n) is 3.50. The molecule has 7 heteroatoms. The Balaban J connectivity index is 1.63. The molecule has 4 nitrogen and oxygen atoms in total. The zero-order chi connectivity index (χ0) is 19.7. The number of benzene rings is 2. The molecule has 1 unspecified atom stereocenters. The lowest BCUT2D eigenvalue weighted by Crippen LogP contribution is -2.47. The van der Waals surface area contributed by atoms with E-state index in [0.29, 0.717) is 29.6 Å². The number of nitriles is 1. The Labute approximate surface area is 178 Å². The summed E-state index contributed by atoms with van der Waals surface area (Å²) in [4.78, 5) is 18.0. The van der Waals surface area contributed by atoms with Crippen molar-refractivity contribution in [3.63, 3.8) is 0 Å². The Kier molecular flexibility index (Phi) is 5.58. The highest BCUT2D eigenvalue weighted by molar-refractivity contribution is 8.03. The van der Waals surface area contributed by atoms with E-state index >= 15 is 0 Å². The second kappa shape index (κ2) is 8.12. The van der Waals surface area contributed by atoms with Gasteiger partial charge in [-0.3, -0.25) is 9.69 Å². The number of hydrogen-bond acceptors (Lipinski definition) is 5. The van der Waals surface area contributed by atoms with Gasteiger partial charge >= 0.3 is 0 Å². The quantitative estimate of drug-likeness (QED) is 0.623. The topological polar surface area (TPSA) is 47.3 Å². The molecule has 0 bridgehead atoms. The third kappa shape index (κ3) is 3.62. The Morgan fingerprint density at radius 3 is 2.54 bits per heavy atom. The zero-order valence-corrected chi connectivity index (χ0v) is 17.7. The summed E-state index contributed by atoms with van der Waals surface area (Å²) in [6.07, 6.45) is 2.35. The van der Waals surface area contributed by atoms with Crippen molar-refractivity contribution >= 4 is 46.7 Å². The van der Waals surface area contributed by atoms with E-state index in [1.807, 2.05) is 54.8 Å². The molecule has 2 aromatic carbocycles. The van der Waals surface area contributed by atoms with Crippen LogP contribution in [0, 0.1) is 11.3 Å². The number of carbonyl (C=O) groups excluding carboxylic acids is 1. The number of carbonyl (C=O) groups is 1. The first-order valence-corrected chi connectivity index (χ1v) is 11.4. The van der Waals surface area contributed by atoms with Gasteiger partial charge in [0.2, 0.25) is 5.91 Å². The molecule has 28 heavy (non-hydrogen) atoms. The molecule has 1 amide bonds. The van der Waals surface area contributed by atoms with E-state index in [1.165, 1.54) is 4.90 Å². The van der Waals surface area contributed by atoms with E-state index in [-0.39, 0.29) is 11.8 Å². The van der Waals surface area contributed by atoms with Gasteiger partial charge in [0, 0.05) is 27.9 Å². The molecule has 0 saturated carbocycles. The lowest BCUT2D eigenvalue weighted by molar-refractivity contribution is -0.129. The standard InChI is InChI=1S/C21H18ClN3OS2/c1-27-17-8-2-14(3-9-17)18-10-20(26)25-12-24(13-28-21(25)19(18)11-23)16-6-4-15(22)5-7-16/h2-9,18H,10,12-13H2,1H3. The summed E-state index contributed by atoms with van der Waals surface area (Å²) < 4.78 is 0. The van der Waals surface area contributed by atoms with E-state index in [9.17, 15) is 10.1 Å². The predicted octanol–water partition coefficient (Wildman–Crippen LogP) is 5.28. The largest absolute Gasteiger partial charge is 0.344 e. The Morgan fingerprint density at radius 1 is 1.18 bits per heavy atom. The normalized spacial score (nSPS) is 19.5. The highest BCUT2D eigenvalue weighted by Crippen LogP contribution is 2.43. The van der Waals surface area contributed by atoms with Gasteiger partial charge in [0.25, 0.3) is 0 Å². The highest BCUT2D eigenvalue weighted by Gasteiger charge is 2.38. The van der Waals surface area contributed by atoms with Crippen molar-refractivity contribution in [1.82, 2.24) is 4.90 Å². The Hall–Kier alpha value is -2.07. The Bertz CT molecular complexity index is 967. The van der Waals surface area contributed by atoms with Crippen LogP contribution >= 0.6 is 35.1 Å². The monoisotopic (exact) mass is 427 g/mol. The summed E-state index contributed by atoms with van der Waals surface area (Å²) in [5.74, 6) is 0.567. The lowest BCUT2D eigenvalue weighted by Gasteiger charge is -2.42. The average molecular weight is 428 g/mol. The summed E-state index contributed by atoms with van der Waals surface area (Å²) in [6, 6.07) is 18.1. The van der Waals surface area contributed by atoms with Crippen LogP contribution in [0.4, 0.5) is 5.69 Å². The van der Waals surface area contributed by atoms with Gasteiger partial charge in [-0.05, 0) is 48.2 Å². The van der Waals surface area contributed by atoms with E-state index in [4.69, 9.17) is 11.6 Å². The number of nitrogens with zero attached hydrogens (tertiary/aromatic N) is 3. The summed E-state index contributed by atoms with van der Waals surface area (Å²) >= 11 is 9.21. The van der Waals surface area contributed by atoms with Crippen LogP contribution < -0.4 is 4.90 Å². The maximum atomic E-state index is 12.9. The van der Waals surface area contributed by atoms with Crippen LogP contribution in [0.3, 0.4) is 0 Å². The van der Waals surface area contributed by atoms with Crippen molar-refractivity contribution < 1.29 is 4.79 Å². The molecule has 0 radical (unpaired) electrons. The first kappa shape index (κ1) is 19.3.